The summed E-state index contributed by atoms with van der Waals surface area (Å²) in [7, 11) is 0. The summed E-state index contributed by atoms with van der Waals surface area (Å²) in [6, 6.07) is 5.18. The summed E-state index contributed by atoms with van der Waals surface area (Å²) in [5, 5.41) is 2.80. The van der Waals surface area contributed by atoms with E-state index in [4.69, 9.17) is 15.2 Å². The number of ether oxygens (including phenoxy) is 2. The maximum Gasteiger partial charge on any atom is 0.257 e. The van der Waals surface area contributed by atoms with E-state index in [1.54, 1.807) is 18.2 Å². The van der Waals surface area contributed by atoms with Crippen LogP contribution in [0.4, 0.5) is 5.69 Å². The number of amides is 1. The van der Waals surface area contributed by atoms with Gasteiger partial charge < -0.3 is 20.5 Å². The molecule has 1 rings (SSSR count). The Morgan fingerprint density at radius 3 is 2.74 bits per heavy atom. The van der Waals surface area contributed by atoms with Gasteiger partial charge in [0.05, 0.1) is 12.7 Å². The number of carbonyl (C=O) groups is 1. The van der Waals surface area contributed by atoms with Crippen LogP contribution in [0.1, 0.15) is 31.1 Å². The van der Waals surface area contributed by atoms with Crippen LogP contribution >= 0.6 is 0 Å². The number of benzene rings is 1. The number of rotatable bonds is 7. The third-order valence-corrected chi connectivity index (χ3v) is 2.59. The normalized spacial score (nSPS) is 11.9. The Kier molecular flexibility index (Phi) is 6.15. The van der Waals surface area contributed by atoms with Gasteiger partial charge in [-0.15, -0.1) is 0 Å². The Bertz CT molecular complexity index is 421. The number of nitrogens with one attached hydrogen (secondary N) is 1. The highest BCUT2D eigenvalue weighted by Crippen LogP contribution is 2.24. The van der Waals surface area contributed by atoms with Crippen molar-refractivity contribution in [2.45, 2.75) is 26.9 Å². The maximum absolute atomic E-state index is 12.1. The molecule has 0 saturated carbocycles. The summed E-state index contributed by atoms with van der Waals surface area (Å²) in [4.78, 5) is 12.1. The zero-order chi connectivity index (χ0) is 14.3. The van der Waals surface area contributed by atoms with Gasteiger partial charge in [-0.3, -0.25) is 4.79 Å². The van der Waals surface area contributed by atoms with Gasteiger partial charge in [0.1, 0.15) is 11.3 Å². The second-order valence-corrected chi connectivity index (χ2v) is 4.13. The molecule has 0 aliphatic rings. The fourth-order valence-electron chi connectivity index (χ4n) is 1.74. The van der Waals surface area contributed by atoms with Gasteiger partial charge in [0, 0.05) is 18.8 Å². The number of hydrogen-bond acceptors (Lipinski definition) is 4. The zero-order valence-corrected chi connectivity index (χ0v) is 11.7. The van der Waals surface area contributed by atoms with Crippen molar-refractivity contribution in [3.05, 3.63) is 23.8 Å². The van der Waals surface area contributed by atoms with E-state index in [2.05, 4.69) is 5.32 Å². The van der Waals surface area contributed by atoms with Crippen molar-refractivity contribution in [2.75, 3.05) is 25.5 Å². The lowest BCUT2D eigenvalue weighted by Gasteiger charge is -2.15. The minimum atomic E-state index is -0.242. The first-order valence-corrected chi connectivity index (χ1v) is 6.51. The number of nitrogen functional groups attached to an aromatic ring is 1. The van der Waals surface area contributed by atoms with E-state index in [-0.39, 0.29) is 12.0 Å². The Morgan fingerprint density at radius 2 is 2.11 bits per heavy atom. The fourth-order valence-corrected chi connectivity index (χ4v) is 1.74. The third kappa shape index (κ3) is 4.44. The SMILES string of the molecule is CCOc1cccc(N)c1C(=O)NCC(C)OCC. The van der Waals surface area contributed by atoms with Crippen LogP contribution in [0.3, 0.4) is 0 Å². The smallest absolute Gasteiger partial charge is 0.257 e. The summed E-state index contributed by atoms with van der Waals surface area (Å²) in [6.07, 6.45) is -0.0329. The van der Waals surface area contributed by atoms with Crippen molar-refractivity contribution in [1.82, 2.24) is 5.32 Å². The summed E-state index contributed by atoms with van der Waals surface area (Å²) < 4.78 is 10.8. The van der Waals surface area contributed by atoms with Crippen LogP contribution in [0.5, 0.6) is 5.75 Å². The number of carbonyl (C=O) groups excluding carboxylic acids is 1. The number of nitrogens with two attached hydrogens (primary N) is 1. The third-order valence-electron chi connectivity index (χ3n) is 2.59. The number of anilines is 1. The van der Waals surface area contributed by atoms with Crippen molar-refractivity contribution in [2.24, 2.45) is 0 Å². The fraction of sp³-hybridized carbons (Fsp3) is 0.500. The lowest BCUT2D eigenvalue weighted by Crippen LogP contribution is -2.32. The van der Waals surface area contributed by atoms with E-state index in [0.29, 0.717) is 36.8 Å². The summed E-state index contributed by atoms with van der Waals surface area (Å²) in [5.74, 6) is 0.261. The average molecular weight is 266 g/mol. The van der Waals surface area contributed by atoms with Gasteiger partial charge in [-0.05, 0) is 32.9 Å². The molecule has 1 unspecified atom stereocenters. The van der Waals surface area contributed by atoms with Crippen LogP contribution in [0.25, 0.3) is 0 Å². The molecule has 1 aromatic rings. The van der Waals surface area contributed by atoms with Crippen LogP contribution in [-0.4, -0.2) is 31.8 Å². The lowest BCUT2D eigenvalue weighted by molar-refractivity contribution is 0.0694. The molecule has 5 heteroatoms. The molecule has 1 aromatic carbocycles. The van der Waals surface area contributed by atoms with Gasteiger partial charge in [0.15, 0.2) is 0 Å². The van der Waals surface area contributed by atoms with Crippen molar-refractivity contribution in [3.8, 4) is 5.75 Å². The molecule has 0 aliphatic heterocycles. The predicted octanol–water partition coefficient (Wildman–Crippen LogP) is 1.82. The first kappa shape index (κ1) is 15.3. The highest BCUT2D eigenvalue weighted by Gasteiger charge is 2.16. The largest absolute Gasteiger partial charge is 0.493 e. The van der Waals surface area contributed by atoms with Gasteiger partial charge in [-0.2, -0.15) is 0 Å². The minimum Gasteiger partial charge on any atom is -0.493 e. The molecule has 0 fully saturated rings. The van der Waals surface area contributed by atoms with Crippen molar-refractivity contribution < 1.29 is 14.3 Å². The molecule has 106 valence electrons. The van der Waals surface area contributed by atoms with E-state index in [1.165, 1.54) is 0 Å². The topological polar surface area (TPSA) is 73.6 Å². The monoisotopic (exact) mass is 266 g/mol. The Labute approximate surface area is 114 Å². The number of hydrogen-bond donors (Lipinski definition) is 2. The van der Waals surface area contributed by atoms with Gasteiger partial charge in [-0.25, -0.2) is 0 Å². The van der Waals surface area contributed by atoms with Crippen LogP contribution in [0, 0.1) is 0 Å². The molecule has 1 amide bonds. The predicted molar refractivity (Wildman–Crippen MR) is 75.4 cm³/mol. The van der Waals surface area contributed by atoms with Crippen molar-refractivity contribution >= 4 is 11.6 Å². The Morgan fingerprint density at radius 1 is 1.37 bits per heavy atom. The van der Waals surface area contributed by atoms with Gasteiger partial charge in [0.25, 0.3) is 5.91 Å². The highest BCUT2D eigenvalue weighted by molar-refractivity contribution is 6.01. The quantitative estimate of drug-likeness (QED) is 0.738. The second kappa shape index (κ2) is 7.63. The molecular formula is C14H22N2O3. The minimum absolute atomic E-state index is 0.0329. The van der Waals surface area contributed by atoms with Gasteiger partial charge in [0.2, 0.25) is 0 Å². The molecular weight excluding hydrogens is 244 g/mol. The summed E-state index contributed by atoms with van der Waals surface area (Å²) in [6.45, 7) is 7.23. The molecule has 0 aromatic heterocycles. The molecule has 0 heterocycles. The molecule has 3 N–H and O–H groups in total. The molecule has 0 aliphatic carbocycles. The molecule has 0 saturated heterocycles. The second-order valence-electron chi connectivity index (χ2n) is 4.13. The van der Waals surface area contributed by atoms with Crippen LogP contribution in [0.15, 0.2) is 18.2 Å². The van der Waals surface area contributed by atoms with Crippen LogP contribution in [0.2, 0.25) is 0 Å². The molecule has 0 bridgehead atoms. The first-order valence-electron chi connectivity index (χ1n) is 6.51. The van der Waals surface area contributed by atoms with Crippen LogP contribution < -0.4 is 15.8 Å². The zero-order valence-electron chi connectivity index (χ0n) is 11.7. The summed E-state index contributed by atoms with van der Waals surface area (Å²) in [5.41, 5.74) is 6.64. The average Bonchev–Trinajstić information content (AvgIpc) is 2.37. The highest BCUT2D eigenvalue weighted by atomic mass is 16.5. The van der Waals surface area contributed by atoms with Gasteiger partial charge in [-0.1, -0.05) is 6.07 Å². The van der Waals surface area contributed by atoms with E-state index in [0.717, 1.165) is 0 Å². The van der Waals surface area contributed by atoms with E-state index in [9.17, 15) is 4.79 Å². The van der Waals surface area contributed by atoms with Gasteiger partial charge >= 0.3 is 0 Å². The lowest BCUT2D eigenvalue weighted by atomic mass is 10.1. The standard InChI is InChI=1S/C14H22N2O3/c1-4-18-10(3)9-16-14(17)13-11(15)7-6-8-12(13)19-5-2/h6-8,10H,4-5,9,15H2,1-3H3,(H,16,17). The van der Waals surface area contributed by atoms with Crippen molar-refractivity contribution in [1.29, 1.82) is 0 Å². The molecule has 0 spiro atoms. The Balaban J connectivity index is 2.75. The summed E-state index contributed by atoms with van der Waals surface area (Å²) >= 11 is 0. The van der Waals surface area contributed by atoms with Crippen molar-refractivity contribution in [3.63, 3.8) is 0 Å². The molecule has 1 atom stereocenters. The van der Waals surface area contributed by atoms with E-state index >= 15 is 0 Å². The molecule has 0 radical (unpaired) electrons. The Hall–Kier alpha value is -1.75. The molecule has 19 heavy (non-hydrogen) atoms. The van der Waals surface area contributed by atoms with E-state index in [1.807, 2.05) is 20.8 Å². The van der Waals surface area contributed by atoms with Crippen LogP contribution in [-0.2, 0) is 4.74 Å². The molecule has 5 nitrogen and oxygen atoms in total. The first-order chi connectivity index (χ1) is 9.10. The maximum atomic E-state index is 12.1. The van der Waals surface area contributed by atoms with E-state index < -0.39 is 0 Å².